The van der Waals surface area contributed by atoms with Gasteiger partial charge in [0.2, 0.25) is 6.29 Å². The van der Waals surface area contributed by atoms with Crippen LogP contribution in [0.5, 0.6) is 0 Å². The van der Waals surface area contributed by atoms with E-state index < -0.39 is 0 Å². The molecule has 0 bridgehead atoms. The van der Waals surface area contributed by atoms with Gasteiger partial charge >= 0.3 is 0 Å². The Morgan fingerprint density at radius 3 is 2.88 bits per heavy atom. The minimum absolute atomic E-state index is 0.0276. The molecular weight excluding hydrogens is 112 g/mol. The Labute approximate surface area is 46.9 Å². The van der Waals surface area contributed by atoms with Gasteiger partial charge in [0.1, 0.15) is 6.61 Å². The Balaban J connectivity index is 1.86. The second kappa shape index (κ2) is 2.99. The van der Waals surface area contributed by atoms with Crippen molar-refractivity contribution in [1.29, 1.82) is 0 Å². The normalized spacial score (nSPS) is 27.4. The van der Waals surface area contributed by atoms with Gasteiger partial charge in [0, 0.05) is 0 Å². The van der Waals surface area contributed by atoms with E-state index in [9.17, 15) is 0 Å². The van der Waals surface area contributed by atoms with Gasteiger partial charge in [-0.1, -0.05) is 0 Å². The summed E-state index contributed by atoms with van der Waals surface area (Å²) in [7, 11) is 0. The smallest absolute Gasteiger partial charge is 0.218 e. The van der Waals surface area contributed by atoms with Crippen molar-refractivity contribution >= 4 is 0 Å². The number of aliphatic hydroxyl groups is 1. The van der Waals surface area contributed by atoms with Crippen molar-refractivity contribution in [1.82, 2.24) is 0 Å². The quantitative estimate of drug-likeness (QED) is 0.499. The second-order valence-corrected chi connectivity index (χ2v) is 1.40. The third kappa shape index (κ3) is 1.41. The third-order valence-electron chi connectivity index (χ3n) is 0.775. The predicted octanol–water partition coefficient (Wildman–Crippen LogP) is -0.717. The minimum Gasteiger partial charge on any atom is -0.394 e. The summed E-state index contributed by atoms with van der Waals surface area (Å²) in [4.78, 5) is 8.72. The molecule has 1 rings (SSSR count). The Kier molecular flexibility index (Phi) is 2.23. The average Bonchev–Trinajstić information content (AvgIpc) is 1.63. The van der Waals surface area contributed by atoms with Gasteiger partial charge < -0.3 is 9.84 Å². The van der Waals surface area contributed by atoms with E-state index >= 15 is 0 Å². The zero-order valence-electron chi connectivity index (χ0n) is 4.37. The van der Waals surface area contributed by atoms with E-state index in [0.717, 1.165) is 0 Å². The lowest BCUT2D eigenvalue weighted by Gasteiger charge is -2.23. The number of rotatable bonds is 3. The van der Waals surface area contributed by atoms with Gasteiger partial charge in [0.15, 0.2) is 0 Å². The fraction of sp³-hybridized carbons (Fsp3) is 1.00. The lowest BCUT2D eigenvalue weighted by molar-refractivity contribution is -0.482. The molecule has 1 N–H and O–H groups in total. The van der Waals surface area contributed by atoms with Crippen molar-refractivity contribution in [3.05, 3.63) is 0 Å². The topological polar surface area (TPSA) is 47.9 Å². The van der Waals surface area contributed by atoms with E-state index in [2.05, 4.69) is 9.78 Å². The van der Waals surface area contributed by atoms with E-state index in [0.29, 0.717) is 13.2 Å². The van der Waals surface area contributed by atoms with Crippen LogP contribution in [0, 0.1) is 0 Å². The van der Waals surface area contributed by atoms with Crippen LogP contribution in [0.15, 0.2) is 0 Å². The maximum Gasteiger partial charge on any atom is 0.218 e. The molecule has 1 atom stereocenters. The lowest BCUT2D eigenvalue weighted by atomic mass is 10.6. The molecule has 1 saturated heterocycles. The second-order valence-electron chi connectivity index (χ2n) is 1.40. The molecule has 0 aromatic heterocycles. The minimum atomic E-state index is -0.248. The van der Waals surface area contributed by atoms with Gasteiger partial charge in [-0.3, -0.25) is 0 Å². The van der Waals surface area contributed by atoms with Crippen molar-refractivity contribution in [2.24, 2.45) is 0 Å². The fourth-order valence-electron chi connectivity index (χ4n) is 0.384. The van der Waals surface area contributed by atoms with Crippen LogP contribution in [-0.2, 0) is 14.5 Å². The highest BCUT2D eigenvalue weighted by Gasteiger charge is 2.19. The Morgan fingerprint density at radius 1 is 1.75 bits per heavy atom. The molecule has 1 heterocycles. The van der Waals surface area contributed by atoms with Crippen LogP contribution in [0.3, 0.4) is 0 Å². The van der Waals surface area contributed by atoms with Crippen LogP contribution in [-0.4, -0.2) is 31.2 Å². The van der Waals surface area contributed by atoms with Crippen LogP contribution in [0.2, 0.25) is 0 Å². The molecular formula is C4H8O4. The molecule has 0 aliphatic carbocycles. The standard InChI is InChI=1S/C4H8O4/c5-1-2-6-4-3-7-8-4/h4-5H,1-3H2. The summed E-state index contributed by atoms with van der Waals surface area (Å²) >= 11 is 0. The molecule has 8 heavy (non-hydrogen) atoms. The summed E-state index contributed by atoms with van der Waals surface area (Å²) in [5.41, 5.74) is 0. The number of hydrogen-bond acceptors (Lipinski definition) is 4. The first kappa shape index (κ1) is 5.97. The Bertz CT molecular complexity index is 61.1. The summed E-state index contributed by atoms with van der Waals surface area (Å²) in [5.74, 6) is 0. The Morgan fingerprint density at radius 2 is 2.50 bits per heavy atom. The van der Waals surface area contributed by atoms with E-state index in [1.807, 2.05) is 0 Å². The van der Waals surface area contributed by atoms with Crippen molar-refractivity contribution < 1.29 is 19.6 Å². The molecule has 48 valence electrons. The highest BCUT2D eigenvalue weighted by Crippen LogP contribution is 2.06. The SMILES string of the molecule is OCCOC1COO1. The third-order valence-corrected chi connectivity index (χ3v) is 0.775. The molecule has 0 radical (unpaired) electrons. The van der Waals surface area contributed by atoms with E-state index in [4.69, 9.17) is 9.84 Å². The first-order valence-electron chi connectivity index (χ1n) is 2.44. The van der Waals surface area contributed by atoms with Gasteiger partial charge in [-0.05, 0) is 0 Å². The van der Waals surface area contributed by atoms with Gasteiger partial charge in [0.25, 0.3) is 0 Å². The first-order valence-corrected chi connectivity index (χ1v) is 2.44. The summed E-state index contributed by atoms with van der Waals surface area (Å²) < 4.78 is 4.83. The number of aliphatic hydroxyl groups excluding tert-OH is 1. The zero-order chi connectivity index (χ0) is 5.82. The van der Waals surface area contributed by atoms with Crippen LogP contribution in [0.25, 0.3) is 0 Å². The van der Waals surface area contributed by atoms with Crippen molar-refractivity contribution in [2.45, 2.75) is 6.29 Å². The predicted molar refractivity (Wildman–Crippen MR) is 23.9 cm³/mol. The van der Waals surface area contributed by atoms with Gasteiger partial charge in [0.05, 0.1) is 13.2 Å². The molecule has 0 saturated carbocycles. The molecule has 0 aromatic carbocycles. The first-order chi connectivity index (χ1) is 3.93. The summed E-state index contributed by atoms with van der Waals surface area (Å²) in [6.45, 7) is 0.813. The maximum atomic E-state index is 8.21. The van der Waals surface area contributed by atoms with Crippen LogP contribution in [0.4, 0.5) is 0 Å². The largest absolute Gasteiger partial charge is 0.394 e. The molecule has 0 aromatic rings. The maximum absolute atomic E-state index is 8.21. The monoisotopic (exact) mass is 120 g/mol. The van der Waals surface area contributed by atoms with Crippen molar-refractivity contribution in [3.63, 3.8) is 0 Å². The summed E-state index contributed by atoms with van der Waals surface area (Å²) in [5, 5.41) is 8.21. The summed E-state index contributed by atoms with van der Waals surface area (Å²) in [6, 6.07) is 0. The van der Waals surface area contributed by atoms with E-state index in [1.54, 1.807) is 0 Å². The van der Waals surface area contributed by atoms with Gasteiger partial charge in [-0.2, -0.15) is 0 Å². The van der Waals surface area contributed by atoms with E-state index in [1.165, 1.54) is 0 Å². The Hall–Kier alpha value is -0.160. The highest BCUT2D eigenvalue weighted by molar-refractivity contribution is 4.42. The zero-order valence-corrected chi connectivity index (χ0v) is 4.37. The average molecular weight is 120 g/mol. The summed E-state index contributed by atoms with van der Waals surface area (Å²) in [6.07, 6.45) is -0.248. The molecule has 0 spiro atoms. The van der Waals surface area contributed by atoms with Crippen LogP contribution >= 0.6 is 0 Å². The molecule has 4 nitrogen and oxygen atoms in total. The molecule has 1 fully saturated rings. The molecule has 1 unspecified atom stereocenters. The molecule has 1 aliphatic heterocycles. The number of ether oxygens (including phenoxy) is 1. The van der Waals surface area contributed by atoms with Gasteiger partial charge in [-0.25, -0.2) is 9.78 Å². The fourth-order valence-corrected chi connectivity index (χ4v) is 0.384. The molecule has 1 aliphatic rings. The number of hydrogen-bond donors (Lipinski definition) is 1. The van der Waals surface area contributed by atoms with Crippen molar-refractivity contribution in [2.75, 3.05) is 19.8 Å². The highest BCUT2D eigenvalue weighted by atomic mass is 17.3. The molecule has 4 heteroatoms. The van der Waals surface area contributed by atoms with Gasteiger partial charge in [-0.15, -0.1) is 0 Å². The van der Waals surface area contributed by atoms with Crippen LogP contribution in [0.1, 0.15) is 0 Å². The van der Waals surface area contributed by atoms with E-state index in [-0.39, 0.29) is 12.9 Å². The lowest BCUT2D eigenvalue weighted by Crippen LogP contribution is -2.34. The van der Waals surface area contributed by atoms with Crippen molar-refractivity contribution in [3.8, 4) is 0 Å². The molecule has 0 amide bonds. The van der Waals surface area contributed by atoms with Crippen LogP contribution < -0.4 is 0 Å².